The summed E-state index contributed by atoms with van der Waals surface area (Å²) < 4.78 is 5.62. The molecule has 1 aliphatic heterocycles. The molecule has 1 heterocycles. The molecule has 0 bridgehead atoms. The molecule has 0 saturated carbocycles. The molecule has 0 aromatic carbocycles. The van der Waals surface area contributed by atoms with E-state index >= 15 is 0 Å². The van der Waals surface area contributed by atoms with Gasteiger partial charge in [-0.2, -0.15) is 0 Å². The largest absolute Gasteiger partial charge is 0.393 e. The lowest BCUT2D eigenvalue weighted by molar-refractivity contribution is 0.00274. The van der Waals surface area contributed by atoms with Crippen molar-refractivity contribution in [2.75, 3.05) is 26.2 Å². The smallest absolute Gasteiger partial charge is 0.0702 e. The van der Waals surface area contributed by atoms with Gasteiger partial charge in [0, 0.05) is 19.7 Å². The van der Waals surface area contributed by atoms with Crippen molar-refractivity contribution in [1.29, 1.82) is 0 Å². The van der Waals surface area contributed by atoms with Gasteiger partial charge in [0.1, 0.15) is 0 Å². The summed E-state index contributed by atoms with van der Waals surface area (Å²) in [5.41, 5.74) is 0. The molecule has 1 N–H and O–H groups in total. The van der Waals surface area contributed by atoms with Gasteiger partial charge in [-0.15, -0.1) is 0 Å². The summed E-state index contributed by atoms with van der Waals surface area (Å²) >= 11 is 0. The number of piperidine rings is 1. The number of ether oxygens (including phenoxy) is 1. The third-order valence-corrected chi connectivity index (χ3v) is 2.73. The van der Waals surface area contributed by atoms with Crippen LogP contribution in [-0.4, -0.2) is 48.5 Å². The quantitative estimate of drug-likeness (QED) is 0.727. The molecule has 0 aromatic heterocycles. The number of aliphatic hydroxyl groups excluding tert-OH is 1. The predicted octanol–water partition coefficient (Wildman–Crippen LogP) is 1.26. The second-order valence-electron chi connectivity index (χ2n) is 4.16. The number of nitrogens with zero attached hydrogens (tertiary/aromatic N) is 1. The SMILES string of the molecule is CCOC1CCCN(CCC(C)O)C1. The van der Waals surface area contributed by atoms with Gasteiger partial charge >= 0.3 is 0 Å². The lowest BCUT2D eigenvalue weighted by Gasteiger charge is -2.32. The highest BCUT2D eigenvalue weighted by Crippen LogP contribution is 2.13. The second kappa shape index (κ2) is 6.38. The maximum Gasteiger partial charge on any atom is 0.0702 e. The van der Waals surface area contributed by atoms with Gasteiger partial charge in [0.05, 0.1) is 12.2 Å². The Bertz CT molecular complexity index is 148. The third kappa shape index (κ3) is 4.40. The molecule has 1 fully saturated rings. The number of aliphatic hydroxyl groups is 1. The van der Waals surface area contributed by atoms with Crippen LogP contribution in [-0.2, 0) is 4.74 Å². The molecule has 2 atom stereocenters. The van der Waals surface area contributed by atoms with Gasteiger partial charge in [-0.1, -0.05) is 0 Å². The summed E-state index contributed by atoms with van der Waals surface area (Å²) in [5, 5.41) is 9.19. The van der Waals surface area contributed by atoms with E-state index in [-0.39, 0.29) is 6.10 Å². The van der Waals surface area contributed by atoms with Gasteiger partial charge < -0.3 is 14.7 Å². The Morgan fingerprint density at radius 2 is 2.36 bits per heavy atom. The number of likely N-dealkylation sites (tertiary alicyclic amines) is 1. The first-order chi connectivity index (χ1) is 6.72. The molecule has 1 saturated heterocycles. The fourth-order valence-electron chi connectivity index (χ4n) is 1.96. The van der Waals surface area contributed by atoms with Gasteiger partial charge in [-0.3, -0.25) is 0 Å². The van der Waals surface area contributed by atoms with Crippen LogP contribution in [0.15, 0.2) is 0 Å². The zero-order chi connectivity index (χ0) is 10.4. The van der Waals surface area contributed by atoms with Crippen molar-refractivity contribution < 1.29 is 9.84 Å². The Hall–Kier alpha value is -0.120. The molecule has 0 amide bonds. The molecular weight excluding hydrogens is 178 g/mol. The van der Waals surface area contributed by atoms with Crippen molar-refractivity contribution in [1.82, 2.24) is 4.90 Å². The fraction of sp³-hybridized carbons (Fsp3) is 1.00. The lowest BCUT2D eigenvalue weighted by atomic mass is 10.1. The van der Waals surface area contributed by atoms with Crippen LogP contribution in [0.5, 0.6) is 0 Å². The van der Waals surface area contributed by atoms with Crippen LogP contribution in [0.2, 0.25) is 0 Å². The summed E-state index contributed by atoms with van der Waals surface area (Å²) in [6, 6.07) is 0. The highest BCUT2D eigenvalue weighted by atomic mass is 16.5. The van der Waals surface area contributed by atoms with Crippen LogP contribution in [0.4, 0.5) is 0 Å². The number of hydrogen-bond donors (Lipinski definition) is 1. The number of hydrogen-bond acceptors (Lipinski definition) is 3. The van der Waals surface area contributed by atoms with Crippen molar-refractivity contribution in [3.63, 3.8) is 0 Å². The molecule has 0 radical (unpaired) electrons. The van der Waals surface area contributed by atoms with E-state index in [0.717, 1.165) is 32.7 Å². The van der Waals surface area contributed by atoms with E-state index in [1.807, 2.05) is 6.92 Å². The minimum atomic E-state index is -0.178. The van der Waals surface area contributed by atoms with E-state index in [9.17, 15) is 5.11 Å². The molecule has 2 unspecified atom stereocenters. The van der Waals surface area contributed by atoms with Crippen molar-refractivity contribution >= 4 is 0 Å². The van der Waals surface area contributed by atoms with Crippen molar-refractivity contribution in [3.05, 3.63) is 0 Å². The highest BCUT2D eigenvalue weighted by Gasteiger charge is 2.19. The molecule has 0 spiro atoms. The van der Waals surface area contributed by atoms with Crippen LogP contribution < -0.4 is 0 Å². The van der Waals surface area contributed by atoms with Crippen LogP contribution >= 0.6 is 0 Å². The Kier molecular flexibility index (Phi) is 5.45. The minimum absolute atomic E-state index is 0.178. The highest BCUT2D eigenvalue weighted by molar-refractivity contribution is 4.73. The summed E-state index contributed by atoms with van der Waals surface area (Å²) in [5.74, 6) is 0. The standard InChI is InChI=1S/C11H23NO2/c1-3-14-11-5-4-7-12(9-11)8-6-10(2)13/h10-11,13H,3-9H2,1-2H3. The zero-order valence-electron chi connectivity index (χ0n) is 9.41. The third-order valence-electron chi connectivity index (χ3n) is 2.73. The molecule has 3 heteroatoms. The molecule has 84 valence electrons. The zero-order valence-corrected chi connectivity index (χ0v) is 9.41. The van der Waals surface area contributed by atoms with Gasteiger partial charge in [-0.25, -0.2) is 0 Å². The van der Waals surface area contributed by atoms with Crippen LogP contribution in [0, 0.1) is 0 Å². The van der Waals surface area contributed by atoms with Gasteiger partial charge in [0.2, 0.25) is 0 Å². The van der Waals surface area contributed by atoms with Crippen LogP contribution in [0.1, 0.15) is 33.1 Å². The number of rotatable bonds is 5. The average Bonchev–Trinajstić information content (AvgIpc) is 2.16. The van der Waals surface area contributed by atoms with Crippen molar-refractivity contribution in [3.8, 4) is 0 Å². The predicted molar refractivity (Wildman–Crippen MR) is 57.4 cm³/mol. The molecule has 3 nitrogen and oxygen atoms in total. The first-order valence-electron chi connectivity index (χ1n) is 5.74. The lowest BCUT2D eigenvalue weighted by Crippen LogP contribution is -2.40. The summed E-state index contributed by atoms with van der Waals surface area (Å²) in [4.78, 5) is 2.40. The van der Waals surface area contributed by atoms with Crippen molar-refractivity contribution in [2.24, 2.45) is 0 Å². The van der Waals surface area contributed by atoms with Gasteiger partial charge in [0.15, 0.2) is 0 Å². The molecule has 0 aromatic rings. The van der Waals surface area contributed by atoms with E-state index in [1.165, 1.54) is 12.8 Å². The monoisotopic (exact) mass is 201 g/mol. The van der Waals surface area contributed by atoms with Gasteiger partial charge in [0.25, 0.3) is 0 Å². The van der Waals surface area contributed by atoms with E-state index in [0.29, 0.717) is 6.10 Å². The van der Waals surface area contributed by atoms with E-state index in [2.05, 4.69) is 11.8 Å². The second-order valence-corrected chi connectivity index (χ2v) is 4.16. The van der Waals surface area contributed by atoms with Gasteiger partial charge in [-0.05, 0) is 39.7 Å². The molecular formula is C11H23NO2. The Morgan fingerprint density at radius 3 is 3.00 bits per heavy atom. The Morgan fingerprint density at radius 1 is 1.57 bits per heavy atom. The maximum atomic E-state index is 9.19. The Balaban J connectivity index is 2.18. The molecule has 0 aliphatic carbocycles. The topological polar surface area (TPSA) is 32.7 Å². The summed E-state index contributed by atoms with van der Waals surface area (Å²) in [6.07, 6.45) is 3.53. The van der Waals surface area contributed by atoms with Crippen molar-refractivity contribution in [2.45, 2.75) is 45.3 Å². The Labute approximate surface area is 87.1 Å². The van der Waals surface area contributed by atoms with E-state index < -0.39 is 0 Å². The average molecular weight is 201 g/mol. The molecule has 1 aliphatic rings. The van der Waals surface area contributed by atoms with Crippen LogP contribution in [0.25, 0.3) is 0 Å². The first-order valence-corrected chi connectivity index (χ1v) is 5.74. The summed E-state index contributed by atoms with van der Waals surface area (Å²) in [7, 11) is 0. The fourth-order valence-corrected chi connectivity index (χ4v) is 1.96. The van der Waals surface area contributed by atoms with Crippen LogP contribution in [0.3, 0.4) is 0 Å². The first kappa shape index (κ1) is 12.0. The summed E-state index contributed by atoms with van der Waals surface area (Å²) in [6.45, 7) is 7.92. The van der Waals surface area contributed by atoms with E-state index in [4.69, 9.17) is 4.74 Å². The minimum Gasteiger partial charge on any atom is -0.393 e. The maximum absolute atomic E-state index is 9.19. The normalized spacial score (nSPS) is 26.4. The molecule has 1 rings (SSSR count). The molecule has 14 heavy (non-hydrogen) atoms. The van der Waals surface area contributed by atoms with E-state index in [1.54, 1.807) is 0 Å².